The molecule has 3 nitrogen and oxygen atoms in total. The second-order valence-electron chi connectivity index (χ2n) is 8.18. The molecule has 0 radical (unpaired) electrons. The minimum Gasteiger partial charge on any atom is -0.379 e. The molecule has 0 N–H and O–H groups in total. The zero-order valence-electron chi connectivity index (χ0n) is 22.3. The summed E-state index contributed by atoms with van der Waals surface area (Å²) in [5, 5.41) is 0. The molecule has 0 atom stereocenters. The van der Waals surface area contributed by atoms with Gasteiger partial charge in [-0.15, -0.1) is 0 Å². The molecule has 0 fully saturated rings. The van der Waals surface area contributed by atoms with Crippen LogP contribution in [0.5, 0.6) is 0 Å². The van der Waals surface area contributed by atoms with Gasteiger partial charge in [-0.3, -0.25) is 0 Å². The first-order chi connectivity index (χ1) is 13.8. The fourth-order valence-corrected chi connectivity index (χ4v) is 3.13. The number of hydrogen-bond acceptors (Lipinski definition) is 3. The molecule has 0 aromatic rings. The molecule has 0 heterocycles. The third-order valence-electron chi connectivity index (χ3n) is 6.98. The lowest BCUT2D eigenvalue weighted by Gasteiger charge is -2.28. The highest BCUT2D eigenvalue weighted by Crippen LogP contribution is 2.33. The van der Waals surface area contributed by atoms with Crippen molar-refractivity contribution in [3.05, 3.63) is 0 Å². The van der Waals surface area contributed by atoms with Crippen molar-refractivity contribution in [2.24, 2.45) is 10.8 Å². The molecule has 0 aromatic carbocycles. The van der Waals surface area contributed by atoms with Gasteiger partial charge in [-0.2, -0.15) is 0 Å². The van der Waals surface area contributed by atoms with Crippen LogP contribution in [0.15, 0.2) is 0 Å². The van der Waals surface area contributed by atoms with E-state index in [1.54, 1.807) is 0 Å². The molecule has 0 aliphatic rings. The van der Waals surface area contributed by atoms with Gasteiger partial charge in [0, 0.05) is 19.8 Å². The molecule has 3 heteroatoms. The van der Waals surface area contributed by atoms with Crippen LogP contribution in [0.3, 0.4) is 0 Å². The number of ether oxygens (including phenoxy) is 3. The predicted octanol–water partition coefficient (Wildman–Crippen LogP) is 8.30. The Morgan fingerprint density at radius 1 is 0.517 bits per heavy atom. The van der Waals surface area contributed by atoms with Crippen LogP contribution in [-0.4, -0.2) is 39.1 Å². The average molecular weight is 419 g/mol. The van der Waals surface area contributed by atoms with E-state index in [0.29, 0.717) is 30.7 Å². The Kier molecular flexibility index (Phi) is 26.1. The van der Waals surface area contributed by atoms with Gasteiger partial charge in [-0.1, -0.05) is 100 Å². The quantitative estimate of drug-likeness (QED) is 0.267. The highest BCUT2D eigenvalue weighted by atomic mass is 16.6. The van der Waals surface area contributed by atoms with E-state index in [-0.39, 0.29) is 6.10 Å². The molecule has 29 heavy (non-hydrogen) atoms. The van der Waals surface area contributed by atoms with E-state index >= 15 is 0 Å². The summed E-state index contributed by atoms with van der Waals surface area (Å²) in [5.41, 5.74) is 1.29. The van der Waals surface area contributed by atoms with Crippen LogP contribution in [0.4, 0.5) is 0 Å². The molecule has 180 valence electrons. The molecule has 0 unspecified atom stereocenters. The van der Waals surface area contributed by atoms with Crippen LogP contribution >= 0.6 is 0 Å². The standard InChI is InChI=1S/C9H20O3.C9H20.C8H18/c1-4-10-7-9(12-6-3)8-11-5-2;1-5-9(6-2,7-3)8-4;1-5-8(4,6-2)7-3/h9H,4-8H2,1-3H3;5-8H2,1-4H3;5-7H2,1-4H3. The van der Waals surface area contributed by atoms with Gasteiger partial charge in [0.15, 0.2) is 0 Å². The smallest absolute Gasteiger partial charge is 0.104 e. The van der Waals surface area contributed by atoms with Gasteiger partial charge in [0.2, 0.25) is 0 Å². The van der Waals surface area contributed by atoms with Gasteiger partial charge in [-0.05, 0) is 31.6 Å². The number of rotatable bonds is 15. The lowest BCUT2D eigenvalue weighted by molar-refractivity contribution is -0.0524. The monoisotopic (exact) mass is 418 g/mol. The SMILES string of the molecule is CCC(C)(CC)CC.CCC(CC)(CC)CC.CCOCC(COCC)OCC. The first-order valence-electron chi connectivity index (χ1n) is 12.5. The first kappa shape index (κ1) is 33.5. The fourth-order valence-electron chi connectivity index (χ4n) is 3.13. The van der Waals surface area contributed by atoms with E-state index in [2.05, 4.69) is 55.4 Å². The van der Waals surface area contributed by atoms with E-state index in [4.69, 9.17) is 14.2 Å². The van der Waals surface area contributed by atoms with Crippen LogP contribution < -0.4 is 0 Å². The molecule has 0 saturated heterocycles. The minimum absolute atomic E-state index is 0.0925. The second kappa shape index (κ2) is 22.6. The summed E-state index contributed by atoms with van der Waals surface area (Å²) in [7, 11) is 0. The Balaban J connectivity index is -0.000000359. The maximum Gasteiger partial charge on any atom is 0.104 e. The third kappa shape index (κ3) is 18.4. The average Bonchev–Trinajstić information content (AvgIpc) is 2.78. The van der Waals surface area contributed by atoms with Crippen molar-refractivity contribution in [3.63, 3.8) is 0 Å². The van der Waals surface area contributed by atoms with E-state index in [9.17, 15) is 0 Å². The zero-order valence-corrected chi connectivity index (χ0v) is 22.3. The van der Waals surface area contributed by atoms with Crippen molar-refractivity contribution in [2.45, 2.75) is 127 Å². The summed E-state index contributed by atoms with van der Waals surface area (Å²) < 4.78 is 15.9. The van der Waals surface area contributed by atoms with Crippen molar-refractivity contribution < 1.29 is 14.2 Å². The van der Waals surface area contributed by atoms with Crippen LogP contribution in [0.25, 0.3) is 0 Å². The van der Waals surface area contributed by atoms with Crippen LogP contribution in [0.2, 0.25) is 0 Å². The Labute approximate surface area is 185 Å². The van der Waals surface area contributed by atoms with E-state index < -0.39 is 0 Å². The van der Waals surface area contributed by atoms with Crippen LogP contribution in [0.1, 0.15) is 121 Å². The second-order valence-corrected chi connectivity index (χ2v) is 8.18. The Bertz CT molecular complexity index is 263. The molecule has 0 aliphatic heterocycles. The molecule has 0 aromatic heterocycles. The lowest BCUT2D eigenvalue weighted by Crippen LogP contribution is -2.25. The van der Waals surface area contributed by atoms with Crippen LogP contribution in [-0.2, 0) is 14.2 Å². The summed E-state index contributed by atoms with van der Waals surface area (Å²) in [6.07, 6.45) is 9.43. The van der Waals surface area contributed by atoms with Gasteiger partial charge in [0.25, 0.3) is 0 Å². The molecule has 0 saturated carbocycles. The highest BCUT2D eigenvalue weighted by molar-refractivity contribution is 4.72. The highest BCUT2D eigenvalue weighted by Gasteiger charge is 2.20. The van der Waals surface area contributed by atoms with Gasteiger partial charge < -0.3 is 14.2 Å². The van der Waals surface area contributed by atoms with Gasteiger partial charge in [0.1, 0.15) is 6.10 Å². The summed E-state index contributed by atoms with van der Waals surface area (Å²) in [6.45, 7) is 27.7. The van der Waals surface area contributed by atoms with Crippen molar-refractivity contribution in [1.82, 2.24) is 0 Å². The van der Waals surface area contributed by atoms with E-state index in [0.717, 1.165) is 13.2 Å². The summed E-state index contributed by atoms with van der Waals surface area (Å²) >= 11 is 0. The summed E-state index contributed by atoms with van der Waals surface area (Å²) in [4.78, 5) is 0. The lowest BCUT2D eigenvalue weighted by atomic mass is 9.78. The minimum atomic E-state index is 0.0925. The zero-order chi connectivity index (χ0) is 23.2. The summed E-state index contributed by atoms with van der Waals surface area (Å²) in [5.74, 6) is 0. The molecular weight excluding hydrogens is 360 g/mol. The largest absolute Gasteiger partial charge is 0.379 e. The third-order valence-corrected chi connectivity index (χ3v) is 6.98. The Morgan fingerprint density at radius 2 is 0.862 bits per heavy atom. The molecule has 0 aliphatic carbocycles. The Morgan fingerprint density at radius 3 is 1.00 bits per heavy atom. The molecular formula is C26H58O3. The Hall–Kier alpha value is -0.120. The molecule has 0 amide bonds. The van der Waals surface area contributed by atoms with Crippen molar-refractivity contribution in [3.8, 4) is 0 Å². The van der Waals surface area contributed by atoms with Crippen LogP contribution in [0, 0.1) is 10.8 Å². The topological polar surface area (TPSA) is 27.7 Å². The molecule has 0 bridgehead atoms. The first-order valence-corrected chi connectivity index (χ1v) is 12.5. The van der Waals surface area contributed by atoms with Gasteiger partial charge in [0.05, 0.1) is 13.2 Å². The fraction of sp³-hybridized carbons (Fsp3) is 1.00. The van der Waals surface area contributed by atoms with Crippen molar-refractivity contribution in [1.29, 1.82) is 0 Å². The van der Waals surface area contributed by atoms with Crippen molar-refractivity contribution in [2.75, 3.05) is 33.0 Å². The summed E-state index contributed by atoms with van der Waals surface area (Å²) in [6, 6.07) is 0. The molecule has 0 spiro atoms. The molecule has 0 rings (SSSR count). The normalized spacial score (nSPS) is 11.6. The maximum atomic E-state index is 5.40. The maximum absolute atomic E-state index is 5.40. The van der Waals surface area contributed by atoms with E-state index in [1.165, 1.54) is 44.9 Å². The predicted molar refractivity (Wildman–Crippen MR) is 131 cm³/mol. The van der Waals surface area contributed by atoms with E-state index in [1.807, 2.05) is 20.8 Å². The van der Waals surface area contributed by atoms with Crippen molar-refractivity contribution >= 4 is 0 Å². The number of hydrogen-bond donors (Lipinski definition) is 0. The van der Waals surface area contributed by atoms with Gasteiger partial charge in [-0.25, -0.2) is 0 Å². The van der Waals surface area contributed by atoms with Gasteiger partial charge >= 0.3 is 0 Å².